The standard InChI is InChI=1S/C19H26O4/c1-2-16-11-13-17(14-12-16)15-23-19(22)10-8-6-4-3-5-7-9-18(20)21/h2,11-14H,1,3-10,15H2,(H,20,21). The molecule has 4 nitrogen and oxygen atoms in total. The normalized spacial score (nSPS) is 10.3. The molecule has 1 N–H and O–H groups in total. The van der Waals surface area contributed by atoms with Crippen LogP contribution in [0, 0.1) is 0 Å². The molecule has 1 aromatic carbocycles. The highest BCUT2D eigenvalue weighted by Gasteiger charge is 2.03. The molecule has 0 aliphatic carbocycles. The lowest BCUT2D eigenvalue weighted by molar-refractivity contribution is -0.145. The molecule has 0 atom stereocenters. The van der Waals surface area contributed by atoms with Gasteiger partial charge in [0.25, 0.3) is 0 Å². The molecule has 0 heterocycles. The number of carboxylic acid groups (broad SMARTS) is 1. The Morgan fingerprint density at radius 1 is 0.957 bits per heavy atom. The second-order valence-electron chi connectivity index (χ2n) is 5.62. The second kappa shape index (κ2) is 11.5. The van der Waals surface area contributed by atoms with Gasteiger partial charge in [0, 0.05) is 12.8 Å². The highest BCUT2D eigenvalue weighted by atomic mass is 16.5. The van der Waals surface area contributed by atoms with Crippen LogP contribution >= 0.6 is 0 Å². The van der Waals surface area contributed by atoms with Crippen molar-refractivity contribution in [3.63, 3.8) is 0 Å². The molecule has 0 saturated heterocycles. The molecule has 0 unspecified atom stereocenters. The molecular formula is C19H26O4. The van der Waals surface area contributed by atoms with Gasteiger partial charge in [-0.1, -0.05) is 62.6 Å². The highest BCUT2D eigenvalue weighted by Crippen LogP contribution is 2.10. The van der Waals surface area contributed by atoms with Gasteiger partial charge in [0.05, 0.1) is 0 Å². The fourth-order valence-corrected chi connectivity index (χ4v) is 2.24. The topological polar surface area (TPSA) is 63.6 Å². The van der Waals surface area contributed by atoms with Gasteiger partial charge >= 0.3 is 11.9 Å². The number of benzene rings is 1. The molecule has 4 heteroatoms. The van der Waals surface area contributed by atoms with Crippen molar-refractivity contribution in [2.75, 3.05) is 0 Å². The van der Waals surface area contributed by atoms with Crippen molar-refractivity contribution < 1.29 is 19.4 Å². The minimum Gasteiger partial charge on any atom is -0.481 e. The molecule has 0 aliphatic rings. The van der Waals surface area contributed by atoms with Gasteiger partial charge in [0.1, 0.15) is 6.61 Å². The monoisotopic (exact) mass is 318 g/mol. The Hall–Kier alpha value is -2.10. The molecule has 1 rings (SSSR count). The Morgan fingerprint density at radius 2 is 1.52 bits per heavy atom. The molecule has 126 valence electrons. The molecule has 0 aliphatic heterocycles. The minimum absolute atomic E-state index is 0.163. The van der Waals surface area contributed by atoms with Gasteiger partial charge in [-0.15, -0.1) is 0 Å². The van der Waals surface area contributed by atoms with E-state index in [2.05, 4.69) is 6.58 Å². The van der Waals surface area contributed by atoms with Crippen LogP contribution in [0.3, 0.4) is 0 Å². The van der Waals surface area contributed by atoms with E-state index in [0.29, 0.717) is 13.0 Å². The zero-order chi connectivity index (χ0) is 16.9. The highest BCUT2D eigenvalue weighted by molar-refractivity contribution is 5.69. The number of carboxylic acids is 1. The predicted octanol–water partition coefficient (Wildman–Crippen LogP) is 4.58. The number of hydrogen-bond acceptors (Lipinski definition) is 3. The smallest absolute Gasteiger partial charge is 0.306 e. The number of hydrogen-bond donors (Lipinski definition) is 1. The number of carbonyl (C=O) groups is 2. The van der Waals surface area contributed by atoms with Crippen molar-refractivity contribution in [3.05, 3.63) is 42.0 Å². The average molecular weight is 318 g/mol. The van der Waals surface area contributed by atoms with E-state index in [1.165, 1.54) is 0 Å². The summed E-state index contributed by atoms with van der Waals surface area (Å²) in [7, 11) is 0. The molecule has 0 amide bonds. The summed E-state index contributed by atoms with van der Waals surface area (Å²) < 4.78 is 5.24. The van der Waals surface area contributed by atoms with Crippen LogP contribution in [0.25, 0.3) is 6.08 Å². The number of unbranched alkanes of at least 4 members (excludes halogenated alkanes) is 5. The third-order valence-corrected chi connectivity index (χ3v) is 3.64. The maximum absolute atomic E-state index is 11.6. The summed E-state index contributed by atoms with van der Waals surface area (Å²) in [6, 6.07) is 7.75. The first-order chi connectivity index (χ1) is 11.1. The van der Waals surface area contributed by atoms with E-state index in [1.54, 1.807) is 6.08 Å². The largest absolute Gasteiger partial charge is 0.481 e. The maximum Gasteiger partial charge on any atom is 0.306 e. The van der Waals surface area contributed by atoms with Crippen LogP contribution in [0.5, 0.6) is 0 Å². The van der Waals surface area contributed by atoms with Gasteiger partial charge in [-0.05, 0) is 24.0 Å². The van der Waals surface area contributed by atoms with E-state index in [0.717, 1.165) is 49.7 Å². The van der Waals surface area contributed by atoms with Gasteiger partial charge in [-0.25, -0.2) is 0 Å². The Kier molecular flexibility index (Phi) is 9.45. The summed E-state index contributed by atoms with van der Waals surface area (Å²) in [4.78, 5) is 22.0. The van der Waals surface area contributed by atoms with Crippen LogP contribution in [0.2, 0.25) is 0 Å². The summed E-state index contributed by atoms with van der Waals surface area (Å²) in [5.41, 5.74) is 2.02. The number of rotatable bonds is 12. The number of ether oxygens (including phenoxy) is 1. The molecule has 0 aromatic heterocycles. The van der Waals surface area contributed by atoms with Crippen molar-refractivity contribution >= 4 is 18.0 Å². The number of esters is 1. The number of aliphatic carboxylic acids is 1. The van der Waals surface area contributed by atoms with Crippen molar-refractivity contribution in [1.82, 2.24) is 0 Å². The van der Waals surface area contributed by atoms with Gasteiger partial charge in [0.15, 0.2) is 0 Å². The molecule has 0 spiro atoms. The van der Waals surface area contributed by atoms with E-state index in [1.807, 2.05) is 24.3 Å². The van der Waals surface area contributed by atoms with E-state index >= 15 is 0 Å². The SMILES string of the molecule is C=Cc1ccc(COC(=O)CCCCCCCCC(=O)O)cc1. The van der Waals surface area contributed by atoms with Crippen LogP contribution in [0.1, 0.15) is 62.5 Å². The first-order valence-corrected chi connectivity index (χ1v) is 8.20. The lowest BCUT2D eigenvalue weighted by Crippen LogP contribution is -2.04. The summed E-state index contributed by atoms with van der Waals surface area (Å²) in [5, 5.41) is 8.52. The van der Waals surface area contributed by atoms with Gasteiger partial charge < -0.3 is 9.84 Å². The Bertz CT molecular complexity index is 491. The fraction of sp³-hybridized carbons (Fsp3) is 0.474. The van der Waals surface area contributed by atoms with Crippen LogP contribution in [-0.4, -0.2) is 17.0 Å². The molecule has 0 fully saturated rings. The molecule has 23 heavy (non-hydrogen) atoms. The summed E-state index contributed by atoms with van der Waals surface area (Å²) in [6.07, 6.45) is 8.02. The van der Waals surface area contributed by atoms with Crippen molar-refractivity contribution in [1.29, 1.82) is 0 Å². The van der Waals surface area contributed by atoms with Gasteiger partial charge in [0.2, 0.25) is 0 Å². The van der Waals surface area contributed by atoms with Crippen LogP contribution in [0.15, 0.2) is 30.8 Å². The molecule has 0 radical (unpaired) electrons. The summed E-state index contributed by atoms with van der Waals surface area (Å²) in [5.74, 6) is -0.893. The van der Waals surface area contributed by atoms with Gasteiger partial charge in [-0.3, -0.25) is 9.59 Å². The average Bonchev–Trinajstić information content (AvgIpc) is 2.55. The van der Waals surface area contributed by atoms with Crippen molar-refractivity contribution in [2.45, 2.75) is 58.0 Å². The second-order valence-corrected chi connectivity index (χ2v) is 5.62. The van der Waals surface area contributed by atoms with Crippen LogP contribution in [-0.2, 0) is 20.9 Å². The van der Waals surface area contributed by atoms with Crippen LogP contribution in [0.4, 0.5) is 0 Å². The lowest BCUT2D eigenvalue weighted by Gasteiger charge is -2.05. The molecule has 0 saturated carbocycles. The molecule has 1 aromatic rings. The first-order valence-electron chi connectivity index (χ1n) is 8.20. The zero-order valence-electron chi connectivity index (χ0n) is 13.6. The van der Waals surface area contributed by atoms with Gasteiger partial charge in [-0.2, -0.15) is 0 Å². The summed E-state index contributed by atoms with van der Waals surface area (Å²) >= 11 is 0. The quantitative estimate of drug-likeness (QED) is 0.452. The molecule has 0 bridgehead atoms. The Labute approximate surface area is 138 Å². The first kappa shape index (κ1) is 18.9. The third kappa shape index (κ3) is 9.51. The zero-order valence-corrected chi connectivity index (χ0v) is 13.6. The van der Waals surface area contributed by atoms with Crippen molar-refractivity contribution in [2.24, 2.45) is 0 Å². The minimum atomic E-state index is -0.730. The molecular weight excluding hydrogens is 292 g/mol. The van der Waals surface area contributed by atoms with Crippen LogP contribution < -0.4 is 0 Å². The number of carbonyl (C=O) groups excluding carboxylic acids is 1. The van der Waals surface area contributed by atoms with E-state index in [4.69, 9.17) is 9.84 Å². The van der Waals surface area contributed by atoms with Crippen molar-refractivity contribution in [3.8, 4) is 0 Å². The maximum atomic E-state index is 11.6. The third-order valence-electron chi connectivity index (χ3n) is 3.64. The predicted molar refractivity (Wildman–Crippen MR) is 90.9 cm³/mol. The van der Waals surface area contributed by atoms with E-state index < -0.39 is 5.97 Å². The summed E-state index contributed by atoms with van der Waals surface area (Å²) in [6.45, 7) is 4.01. The van der Waals surface area contributed by atoms with E-state index in [9.17, 15) is 9.59 Å². The Balaban J connectivity index is 2.01. The van der Waals surface area contributed by atoms with E-state index in [-0.39, 0.29) is 12.4 Å². The fourth-order valence-electron chi connectivity index (χ4n) is 2.24. The Morgan fingerprint density at radius 3 is 2.09 bits per heavy atom. The lowest BCUT2D eigenvalue weighted by atomic mass is 10.1.